The first-order chi connectivity index (χ1) is 11.9. The van der Waals surface area contributed by atoms with E-state index in [1.165, 1.54) is 0 Å². The van der Waals surface area contributed by atoms with Crippen molar-refractivity contribution in [3.8, 4) is 0 Å². The summed E-state index contributed by atoms with van der Waals surface area (Å²) in [4.78, 5) is 9.95. The minimum Gasteiger partial charge on any atom is -0.326 e. The van der Waals surface area contributed by atoms with Crippen LogP contribution in [0.5, 0.6) is 0 Å². The maximum absolute atomic E-state index is 13.7. The van der Waals surface area contributed by atoms with Crippen LogP contribution in [-0.4, -0.2) is 14.3 Å². The van der Waals surface area contributed by atoms with Gasteiger partial charge >= 0.3 is 6.18 Å². The van der Waals surface area contributed by atoms with E-state index in [2.05, 4.69) is 5.32 Å². The van der Waals surface area contributed by atoms with Crippen LogP contribution < -0.4 is 10.0 Å². The maximum atomic E-state index is 13.7. The molecule has 0 saturated carbocycles. The third kappa shape index (κ3) is 4.48. The molecule has 1 amide bonds. The van der Waals surface area contributed by atoms with Crippen LogP contribution in [0.4, 0.5) is 33.3 Å². The Bertz CT molecular complexity index is 958. The molecule has 0 saturated heterocycles. The van der Waals surface area contributed by atoms with Gasteiger partial charge in [0.1, 0.15) is 16.5 Å². The molecule has 0 atom stereocenters. The Morgan fingerprint density at radius 1 is 1.04 bits per heavy atom. The van der Waals surface area contributed by atoms with Crippen LogP contribution in [0.3, 0.4) is 0 Å². The van der Waals surface area contributed by atoms with E-state index >= 15 is 0 Å². The van der Waals surface area contributed by atoms with E-state index in [0.717, 1.165) is 19.1 Å². The van der Waals surface area contributed by atoms with Crippen molar-refractivity contribution in [2.75, 3.05) is 10.0 Å². The number of amides is 1. The Morgan fingerprint density at radius 2 is 1.69 bits per heavy atom. The summed E-state index contributed by atoms with van der Waals surface area (Å²) in [6.07, 6.45) is -4.96. The van der Waals surface area contributed by atoms with E-state index in [-0.39, 0.29) is 5.69 Å². The second-order valence-electron chi connectivity index (χ2n) is 5.12. The van der Waals surface area contributed by atoms with Crippen LogP contribution in [0.2, 0.25) is 0 Å². The molecular formula is C15H11F5N2O3S. The highest BCUT2D eigenvalue weighted by atomic mass is 32.2. The lowest BCUT2D eigenvalue weighted by Gasteiger charge is -2.16. The molecule has 0 spiro atoms. The highest BCUT2D eigenvalue weighted by Crippen LogP contribution is 2.37. The summed E-state index contributed by atoms with van der Waals surface area (Å²) < 4.78 is 92.1. The first-order valence-corrected chi connectivity index (χ1v) is 8.35. The summed E-state index contributed by atoms with van der Waals surface area (Å²) in [5.74, 6) is -3.13. The lowest BCUT2D eigenvalue weighted by atomic mass is 10.1. The molecule has 140 valence electrons. The van der Waals surface area contributed by atoms with Crippen molar-refractivity contribution in [1.82, 2.24) is 0 Å². The Labute approximate surface area is 144 Å². The topological polar surface area (TPSA) is 75.3 Å². The second kappa shape index (κ2) is 6.90. The Hall–Kier alpha value is -2.69. The number of nitrogens with one attached hydrogen (secondary N) is 2. The minimum atomic E-state index is -4.96. The third-order valence-corrected chi connectivity index (χ3v) is 4.47. The van der Waals surface area contributed by atoms with Crippen molar-refractivity contribution in [2.45, 2.75) is 18.0 Å². The van der Waals surface area contributed by atoms with Gasteiger partial charge in [-0.2, -0.15) is 13.2 Å². The standard InChI is InChI=1S/C15H11F5N2O3S/c1-8(23)21-10-3-4-13(11(7-10)15(18,19)20)22-26(24,25)14-5-2-9(16)6-12(14)17/h2-7,22H,1H3,(H,21,23). The third-order valence-electron chi connectivity index (χ3n) is 3.07. The van der Waals surface area contributed by atoms with Crippen LogP contribution in [0.15, 0.2) is 41.3 Å². The summed E-state index contributed by atoms with van der Waals surface area (Å²) in [6, 6.07) is 3.87. The number of hydrogen-bond donors (Lipinski definition) is 2. The normalized spacial score (nSPS) is 11.9. The molecule has 2 aromatic rings. The Balaban J connectivity index is 2.49. The summed E-state index contributed by atoms with van der Waals surface area (Å²) in [7, 11) is -4.76. The second-order valence-corrected chi connectivity index (χ2v) is 6.77. The van der Waals surface area contributed by atoms with Gasteiger partial charge in [-0.05, 0) is 30.3 Å². The number of sulfonamides is 1. The number of carbonyl (C=O) groups excluding carboxylic acids is 1. The van der Waals surface area contributed by atoms with Gasteiger partial charge in [-0.1, -0.05) is 0 Å². The summed E-state index contributed by atoms with van der Waals surface area (Å²) in [5, 5.41) is 2.14. The van der Waals surface area contributed by atoms with Crippen molar-refractivity contribution in [3.05, 3.63) is 53.6 Å². The van der Waals surface area contributed by atoms with Crippen molar-refractivity contribution >= 4 is 27.3 Å². The van der Waals surface area contributed by atoms with E-state index in [4.69, 9.17) is 0 Å². The van der Waals surface area contributed by atoms with Crippen LogP contribution in [-0.2, 0) is 21.0 Å². The average Bonchev–Trinajstić information content (AvgIpc) is 2.46. The number of hydrogen-bond acceptors (Lipinski definition) is 3. The molecule has 0 aliphatic carbocycles. The zero-order chi connectivity index (χ0) is 19.7. The number of alkyl halides is 3. The van der Waals surface area contributed by atoms with Gasteiger partial charge in [-0.15, -0.1) is 0 Å². The van der Waals surface area contributed by atoms with Crippen molar-refractivity contribution < 1.29 is 35.2 Å². The fourth-order valence-corrected chi connectivity index (χ4v) is 3.18. The molecule has 0 aliphatic heterocycles. The molecule has 5 nitrogen and oxygen atoms in total. The maximum Gasteiger partial charge on any atom is 0.418 e. The van der Waals surface area contributed by atoms with E-state index in [0.29, 0.717) is 24.3 Å². The first-order valence-electron chi connectivity index (χ1n) is 6.87. The predicted molar refractivity (Wildman–Crippen MR) is 82.9 cm³/mol. The molecule has 0 heterocycles. The van der Waals surface area contributed by atoms with Crippen LogP contribution in [0, 0.1) is 11.6 Å². The first kappa shape index (κ1) is 19.6. The monoisotopic (exact) mass is 394 g/mol. The van der Waals surface area contributed by atoms with Gasteiger partial charge in [0.25, 0.3) is 10.0 Å². The molecule has 0 aliphatic rings. The molecule has 26 heavy (non-hydrogen) atoms. The van der Waals surface area contributed by atoms with Crippen molar-refractivity contribution in [1.29, 1.82) is 0 Å². The quantitative estimate of drug-likeness (QED) is 0.776. The summed E-state index contributed by atoms with van der Waals surface area (Å²) in [5.41, 5.74) is -2.48. The molecule has 0 fully saturated rings. The molecule has 0 radical (unpaired) electrons. The Kier molecular flexibility index (Phi) is 5.21. The summed E-state index contributed by atoms with van der Waals surface area (Å²) in [6.45, 7) is 1.08. The molecular weight excluding hydrogens is 383 g/mol. The van der Waals surface area contributed by atoms with Gasteiger partial charge in [-0.25, -0.2) is 17.2 Å². The smallest absolute Gasteiger partial charge is 0.326 e. The zero-order valence-corrected chi connectivity index (χ0v) is 13.8. The number of benzene rings is 2. The SMILES string of the molecule is CC(=O)Nc1ccc(NS(=O)(=O)c2ccc(F)cc2F)c(C(F)(F)F)c1. The highest BCUT2D eigenvalue weighted by molar-refractivity contribution is 7.92. The predicted octanol–water partition coefficient (Wildman–Crippen LogP) is 3.74. The number of carbonyl (C=O) groups is 1. The minimum absolute atomic E-state index is 0.208. The van der Waals surface area contributed by atoms with Gasteiger partial charge in [-0.3, -0.25) is 9.52 Å². The molecule has 2 rings (SSSR count). The van der Waals surface area contributed by atoms with Crippen LogP contribution in [0.25, 0.3) is 0 Å². The lowest BCUT2D eigenvalue weighted by molar-refractivity contribution is -0.136. The van der Waals surface area contributed by atoms with Gasteiger partial charge in [0.2, 0.25) is 5.91 Å². The van der Waals surface area contributed by atoms with E-state index in [1.54, 1.807) is 4.72 Å². The average molecular weight is 394 g/mol. The van der Waals surface area contributed by atoms with Gasteiger partial charge in [0.05, 0.1) is 11.3 Å². The van der Waals surface area contributed by atoms with Crippen LogP contribution in [0.1, 0.15) is 12.5 Å². The molecule has 2 N–H and O–H groups in total. The van der Waals surface area contributed by atoms with Gasteiger partial charge in [0, 0.05) is 18.7 Å². The van der Waals surface area contributed by atoms with E-state index in [1.807, 2.05) is 0 Å². The molecule has 0 unspecified atom stereocenters. The number of anilines is 2. The van der Waals surface area contributed by atoms with Crippen LogP contribution >= 0.6 is 0 Å². The van der Waals surface area contributed by atoms with Gasteiger partial charge < -0.3 is 5.32 Å². The lowest BCUT2D eigenvalue weighted by Crippen LogP contribution is -2.19. The number of halogens is 5. The number of rotatable bonds is 4. The fourth-order valence-electron chi connectivity index (χ4n) is 2.04. The fraction of sp³-hybridized carbons (Fsp3) is 0.133. The highest BCUT2D eigenvalue weighted by Gasteiger charge is 2.35. The van der Waals surface area contributed by atoms with E-state index in [9.17, 15) is 35.2 Å². The van der Waals surface area contributed by atoms with Gasteiger partial charge in [0.15, 0.2) is 0 Å². The molecule has 0 aromatic heterocycles. The van der Waals surface area contributed by atoms with E-state index < -0.39 is 49.9 Å². The molecule has 11 heteroatoms. The molecule has 0 bridgehead atoms. The van der Waals surface area contributed by atoms with Crippen molar-refractivity contribution in [2.24, 2.45) is 0 Å². The largest absolute Gasteiger partial charge is 0.418 e. The summed E-state index contributed by atoms with van der Waals surface area (Å²) >= 11 is 0. The zero-order valence-electron chi connectivity index (χ0n) is 13.0. The Morgan fingerprint density at radius 3 is 2.23 bits per heavy atom. The van der Waals surface area contributed by atoms with Crippen molar-refractivity contribution in [3.63, 3.8) is 0 Å². The molecule has 2 aromatic carbocycles.